The van der Waals surface area contributed by atoms with Crippen LogP contribution in [0.4, 0.5) is 4.79 Å². The number of hydrogen-bond donors (Lipinski definition) is 1. The van der Waals surface area contributed by atoms with Gasteiger partial charge >= 0.3 is 12.1 Å². The number of benzene rings is 1. The molecule has 0 unspecified atom stereocenters. The largest absolute Gasteiger partial charge is 0.481 e. The van der Waals surface area contributed by atoms with Gasteiger partial charge in [0.1, 0.15) is 6.61 Å². The van der Waals surface area contributed by atoms with Crippen LogP contribution in [-0.2, 0) is 16.1 Å². The van der Waals surface area contributed by atoms with Gasteiger partial charge in [-0.25, -0.2) is 4.79 Å². The van der Waals surface area contributed by atoms with Gasteiger partial charge < -0.3 is 14.7 Å². The summed E-state index contributed by atoms with van der Waals surface area (Å²) in [6.07, 6.45) is 0.282. The molecule has 1 heterocycles. The van der Waals surface area contributed by atoms with E-state index in [0.717, 1.165) is 12.0 Å². The first-order chi connectivity index (χ1) is 8.66. The van der Waals surface area contributed by atoms with Gasteiger partial charge in [-0.05, 0) is 12.0 Å². The first kappa shape index (κ1) is 12.4. The molecule has 1 aliphatic rings. The number of carbonyl (C=O) groups excluding carboxylic acids is 1. The van der Waals surface area contributed by atoms with E-state index in [-0.39, 0.29) is 19.1 Å². The number of aliphatic carboxylic acids is 1. The molecule has 1 aromatic carbocycles. The van der Waals surface area contributed by atoms with E-state index in [1.54, 1.807) is 0 Å². The molecule has 0 aromatic heterocycles. The van der Waals surface area contributed by atoms with E-state index in [1.165, 1.54) is 4.90 Å². The number of carbonyl (C=O) groups is 2. The Balaban J connectivity index is 1.80. The topological polar surface area (TPSA) is 66.8 Å². The van der Waals surface area contributed by atoms with Gasteiger partial charge in [0.2, 0.25) is 0 Å². The van der Waals surface area contributed by atoms with E-state index in [0.29, 0.717) is 6.54 Å². The van der Waals surface area contributed by atoms with Crippen LogP contribution in [0.25, 0.3) is 0 Å². The number of nitrogens with zero attached hydrogens (tertiary/aromatic N) is 1. The molecular formula is C13H15NO4. The molecule has 1 saturated heterocycles. The van der Waals surface area contributed by atoms with Gasteiger partial charge in [-0.2, -0.15) is 0 Å². The standard InChI is InChI=1S/C13H15NO4/c15-12(16)8-11-6-7-14(11)13(17)18-9-10-4-2-1-3-5-10/h1-5,11H,6-9H2,(H,15,16)/t11-/m0/s1. The second-order valence-electron chi connectivity index (χ2n) is 4.27. The summed E-state index contributed by atoms with van der Waals surface area (Å²) in [6.45, 7) is 0.793. The monoisotopic (exact) mass is 249 g/mol. The maximum absolute atomic E-state index is 11.7. The van der Waals surface area contributed by atoms with Crippen molar-refractivity contribution in [2.45, 2.75) is 25.5 Å². The molecule has 0 saturated carbocycles. The van der Waals surface area contributed by atoms with Crippen LogP contribution in [0.2, 0.25) is 0 Å². The molecule has 0 bridgehead atoms. The zero-order chi connectivity index (χ0) is 13.0. The quantitative estimate of drug-likeness (QED) is 0.884. The Morgan fingerprint density at radius 2 is 2.06 bits per heavy atom. The highest BCUT2D eigenvalue weighted by Gasteiger charge is 2.34. The van der Waals surface area contributed by atoms with E-state index >= 15 is 0 Å². The fourth-order valence-corrected chi connectivity index (χ4v) is 1.90. The summed E-state index contributed by atoms with van der Waals surface area (Å²) in [7, 11) is 0. The van der Waals surface area contributed by atoms with E-state index in [1.807, 2.05) is 30.3 Å². The van der Waals surface area contributed by atoms with Crippen molar-refractivity contribution in [3.05, 3.63) is 35.9 Å². The third-order valence-corrected chi connectivity index (χ3v) is 2.99. The average molecular weight is 249 g/mol. The lowest BCUT2D eigenvalue weighted by Gasteiger charge is -2.39. The summed E-state index contributed by atoms with van der Waals surface area (Å²) in [4.78, 5) is 23.7. The van der Waals surface area contributed by atoms with Crippen molar-refractivity contribution in [3.8, 4) is 0 Å². The van der Waals surface area contributed by atoms with Crippen LogP contribution in [0, 0.1) is 0 Å². The molecule has 1 amide bonds. The zero-order valence-corrected chi connectivity index (χ0v) is 9.91. The van der Waals surface area contributed by atoms with Crippen LogP contribution >= 0.6 is 0 Å². The van der Waals surface area contributed by atoms with Crippen LogP contribution in [0.15, 0.2) is 30.3 Å². The molecule has 0 radical (unpaired) electrons. The summed E-state index contributed by atoms with van der Waals surface area (Å²) in [5, 5.41) is 8.68. The lowest BCUT2D eigenvalue weighted by molar-refractivity contribution is -0.139. The first-order valence-electron chi connectivity index (χ1n) is 5.86. The Hall–Kier alpha value is -2.04. The van der Waals surface area contributed by atoms with Gasteiger partial charge in [0.15, 0.2) is 0 Å². The number of likely N-dealkylation sites (tertiary alicyclic amines) is 1. The maximum Gasteiger partial charge on any atom is 0.410 e. The van der Waals surface area contributed by atoms with Crippen molar-refractivity contribution in [3.63, 3.8) is 0 Å². The molecule has 1 N–H and O–H groups in total. The highest BCUT2D eigenvalue weighted by Crippen LogP contribution is 2.21. The number of carboxylic acids is 1. The van der Waals surface area contributed by atoms with Gasteiger partial charge in [-0.15, -0.1) is 0 Å². The van der Waals surface area contributed by atoms with Crippen LogP contribution in [-0.4, -0.2) is 34.7 Å². The summed E-state index contributed by atoms with van der Waals surface area (Å²) < 4.78 is 5.14. The average Bonchev–Trinajstić information content (AvgIpc) is 2.33. The summed E-state index contributed by atoms with van der Waals surface area (Å²) >= 11 is 0. The van der Waals surface area contributed by atoms with E-state index < -0.39 is 12.1 Å². The van der Waals surface area contributed by atoms with Crippen LogP contribution in [0.3, 0.4) is 0 Å². The second kappa shape index (κ2) is 5.53. The summed E-state index contributed by atoms with van der Waals surface area (Å²) in [6, 6.07) is 9.17. The van der Waals surface area contributed by atoms with Crippen molar-refractivity contribution in [2.75, 3.05) is 6.54 Å². The lowest BCUT2D eigenvalue weighted by atomic mass is 10.0. The van der Waals surface area contributed by atoms with Gasteiger partial charge in [0, 0.05) is 12.6 Å². The second-order valence-corrected chi connectivity index (χ2v) is 4.27. The minimum Gasteiger partial charge on any atom is -0.481 e. The Morgan fingerprint density at radius 1 is 1.33 bits per heavy atom. The third-order valence-electron chi connectivity index (χ3n) is 2.99. The highest BCUT2D eigenvalue weighted by atomic mass is 16.6. The Kier molecular flexibility index (Phi) is 3.82. The van der Waals surface area contributed by atoms with Crippen molar-refractivity contribution < 1.29 is 19.4 Å². The van der Waals surface area contributed by atoms with E-state index in [9.17, 15) is 9.59 Å². The minimum absolute atomic E-state index is 0.0135. The fourth-order valence-electron chi connectivity index (χ4n) is 1.90. The van der Waals surface area contributed by atoms with Gasteiger partial charge in [-0.3, -0.25) is 4.79 Å². The Bertz CT molecular complexity index is 432. The maximum atomic E-state index is 11.7. The zero-order valence-electron chi connectivity index (χ0n) is 9.91. The molecule has 1 atom stereocenters. The first-order valence-corrected chi connectivity index (χ1v) is 5.86. The van der Waals surface area contributed by atoms with Crippen molar-refractivity contribution in [2.24, 2.45) is 0 Å². The van der Waals surface area contributed by atoms with Gasteiger partial charge in [0.25, 0.3) is 0 Å². The van der Waals surface area contributed by atoms with E-state index in [4.69, 9.17) is 9.84 Å². The predicted molar refractivity (Wildman–Crippen MR) is 64.0 cm³/mol. The summed E-state index contributed by atoms with van der Waals surface area (Å²) in [5.41, 5.74) is 0.918. The third kappa shape index (κ3) is 3.00. The SMILES string of the molecule is O=C(O)C[C@@H]1CCN1C(=O)OCc1ccccc1. The lowest BCUT2D eigenvalue weighted by Crippen LogP contribution is -2.52. The van der Waals surface area contributed by atoms with Crippen LogP contribution in [0.5, 0.6) is 0 Å². The minimum atomic E-state index is -0.888. The molecular weight excluding hydrogens is 234 g/mol. The van der Waals surface area contributed by atoms with Gasteiger partial charge in [-0.1, -0.05) is 30.3 Å². The molecule has 1 fully saturated rings. The Labute approximate surface area is 105 Å². The van der Waals surface area contributed by atoms with Crippen molar-refractivity contribution >= 4 is 12.1 Å². The van der Waals surface area contributed by atoms with Gasteiger partial charge in [0.05, 0.1) is 6.42 Å². The number of rotatable bonds is 4. The molecule has 5 nitrogen and oxygen atoms in total. The molecule has 5 heteroatoms. The number of ether oxygens (including phenoxy) is 1. The fraction of sp³-hybridized carbons (Fsp3) is 0.385. The molecule has 18 heavy (non-hydrogen) atoms. The molecule has 2 rings (SSSR count). The smallest absolute Gasteiger partial charge is 0.410 e. The normalized spacial score (nSPS) is 18.0. The molecule has 0 spiro atoms. The molecule has 1 aliphatic heterocycles. The van der Waals surface area contributed by atoms with Crippen molar-refractivity contribution in [1.29, 1.82) is 0 Å². The number of amides is 1. The molecule has 96 valence electrons. The predicted octanol–water partition coefficient (Wildman–Crippen LogP) is 1.87. The van der Waals surface area contributed by atoms with Crippen molar-refractivity contribution in [1.82, 2.24) is 4.90 Å². The molecule has 1 aromatic rings. The molecule has 0 aliphatic carbocycles. The van der Waals surface area contributed by atoms with Crippen LogP contribution < -0.4 is 0 Å². The summed E-state index contributed by atoms with van der Waals surface area (Å²) in [5.74, 6) is -0.888. The Morgan fingerprint density at radius 3 is 2.61 bits per heavy atom. The van der Waals surface area contributed by atoms with E-state index in [2.05, 4.69) is 0 Å². The highest BCUT2D eigenvalue weighted by molar-refractivity contribution is 5.72. The van der Waals surface area contributed by atoms with Crippen LogP contribution in [0.1, 0.15) is 18.4 Å². The number of hydrogen-bond acceptors (Lipinski definition) is 3. The number of carboxylic acid groups (broad SMARTS) is 1.